The van der Waals surface area contributed by atoms with E-state index in [0.29, 0.717) is 23.1 Å². The number of piperidine rings is 1. The maximum atomic E-state index is 13.9. The lowest BCUT2D eigenvalue weighted by atomic mass is 9.95. The van der Waals surface area contributed by atoms with Gasteiger partial charge in [-0.1, -0.05) is 48.9 Å². The van der Waals surface area contributed by atoms with Crippen LogP contribution in [0.1, 0.15) is 42.0 Å². The minimum absolute atomic E-state index is 0.0407. The average molecular weight is 565 g/mol. The number of rotatable bonds is 10. The van der Waals surface area contributed by atoms with Crippen molar-refractivity contribution in [2.45, 2.75) is 43.3 Å². The molecule has 204 valence electrons. The molecular weight excluding hydrogens is 532 g/mol. The molecule has 0 spiro atoms. The third kappa shape index (κ3) is 6.08. The number of hydrogen-bond donors (Lipinski definition) is 0. The first-order chi connectivity index (χ1) is 19.0. The van der Waals surface area contributed by atoms with Crippen molar-refractivity contribution < 1.29 is 17.9 Å². The van der Waals surface area contributed by atoms with Crippen LogP contribution in [0.2, 0.25) is 0 Å². The number of benzene rings is 3. The first-order valence-corrected chi connectivity index (χ1v) is 15.1. The van der Waals surface area contributed by atoms with Gasteiger partial charge >= 0.3 is 0 Å². The lowest BCUT2D eigenvalue weighted by Gasteiger charge is -2.36. The molecule has 0 amide bonds. The minimum atomic E-state index is -3.93. The molecule has 2 heterocycles. The smallest absolute Gasteiger partial charge is 0.266 e. The van der Waals surface area contributed by atoms with Gasteiger partial charge in [0.25, 0.3) is 10.0 Å². The molecule has 1 atom stereocenters. The van der Waals surface area contributed by atoms with E-state index in [4.69, 9.17) is 9.47 Å². The molecule has 0 N–H and O–H groups in total. The van der Waals surface area contributed by atoms with Gasteiger partial charge in [0.05, 0.1) is 25.7 Å². The number of sulfonamides is 1. The second-order valence-electron chi connectivity index (χ2n) is 9.45. The normalized spacial score (nSPS) is 16.1. The predicted molar refractivity (Wildman–Crippen MR) is 153 cm³/mol. The molecule has 0 saturated carbocycles. The number of nitrogens with zero attached hydrogens (tertiary/aromatic N) is 4. The molecule has 3 aromatic carbocycles. The van der Waals surface area contributed by atoms with E-state index in [1.165, 1.54) is 29.0 Å². The van der Waals surface area contributed by atoms with Gasteiger partial charge < -0.3 is 9.47 Å². The van der Waals surface area contributed by atoms with Crippen LogP contribution >= 0.6 is 11.5 Å². The van der Waals surface area contributed by atoms with E-state index >= 15 is 0 Å². The molecule has 10 heteroatoms. The number of ether oxygens (including phenoxy) is 2. The van der Waals surface area contributed by atoms with Gasteiger partial charge in [-0.2, -0.15) is 4.37 Å². The molecular formula is C29H32N4O4S2. The Labute approximate surface area is 234 Å². The maximum Gasteiger partial charge on any atom is 0.266 e. The first kappa shape index (κ1) is 27.1. The number of aromatic nitrogens is 2. The Balaban J connectivity index is 1.39. The Kier molecular flexibility index (Phi) is 8.44. The summed E-state index contributed by atoms with van der Waals surface area (Å²) in [5.41, 5.74) is 3.10. The van der Waals surface area contributed by atoms with Gasteiger partial charge in [0.2, 0.25) is 5.13 Å². The zero-order chi connectivity index (χ0) is 27.2. The molecule has 0 bridgehead atoms. The summed E-state index contributed by atoms with van der Waals surface area (Å²) in [6.07, 6.45) is 4.87. The van der Waals surface area contributed by atoms with Gasteiger partial charge in [-0.15, -0.1) is 0 Å². The molecule has 1 aromatic heterocycles. The van der Waals surface area contributed by atoms with Crippen molar-refractivity contribution in [2.75, 3.05) is 25.1 Å². The summed E-state index contributed by atoms with van der Waals surface area (Å²) in [7, 11) is -0.806. The van der Waals surface area contributed by atoms with Crippen LogP contribution in [0.15, 0.2) is 84.0 Å². The van der Waals surface area contributed by atoms with Crippen LogP contribution in [0.3, 0.4) is 0 Å². The molecule has 0 radical (unpaired) electrons. The summed E-state index contributed by atoms with van der Waals surface area (Å²) in [6.45, 7) is 1.83. The summed E-state index contributed by atoms with van der Waals surface area (Å²) in [6, 6.07) is 23.5. The Morgan fingerprint density at radius 1 is 1.00 bits per heavy atom. The quantitative estimate of drug-likeness (QED) is 0.245. The Bertz CT molecular complexity index is 1460. The first-order valence-electron chi connectivity index (χ1n) is 12.9. The van der Waals surface area contributed by atoms with E-state index in [1.54, 1.807) is 44.6 Å². The van der Waals surface area contributed by atoms with Gasteiger partial charge in [-0.3, -0.25) is 4.90 Å². The van der Waals surface area contributed by atoms with Crippen LogP contribution in [0.4, 0.5) is 5.13 Å². The van der Waals surface area contributed by atoms with Gasteiger partial charge in [0, 0.05) is 35.7 Å². The highest BCUT2D eigenvalue weighted by Gasteiger charge is 2.29. The van der Waals surface area contributed by atoms with Crippen molar-refractivity contribution in [2.24, 2.45) is 0 Å². The molecule has 1 saturated heterocycles. The van der Waals surface area contributed by atoms with Crippen molar-refractivity contribution in [3.8, 4) is 11.5 Å². The van der Waals surface area contributed by atoms with E-state index in [0.717, 1.165) is 36.6 Å². The fourth-order valence-electron chi connectivity index (χ4n) is 5.03. The van der Waals surface area contributed by atoms with Crippen LogP contribution in [0.25, 0.3) is 0 Å². The van der Waals surface area contributed by atoms with E-state index in [1.807, 2.05) is 18.2 Å². The molecule has 5 rings (SSSR count). The maximum absolute atomic E-state index is 13.9. The van der Waals surface area contributed by atoms with Gasteiger partial charge in [0.1, 0.15) is 17.8 Å². The number of anilines is 1. The monoisotopic (exact) mass is 564 g/mol. The summed E-state index contributed by atoms with van der Waals surface area (Å²) in [5.74, 6) is 1.16. The van der Waals surface area contributed by atoms with Crippen molar-refractivity contribution >= 4 is 26.7 Å². The van der Waals surface area contributed by atoms with Crippen molar-refractivity contribution in [1.29, 1.82) is 0 Å². The Morgan fingerprint density at radius 3 is 2.49 bits per heavy atom. The molecule has 1 aliphatic heterocycles. The highest BCUT2D eigenvalue weighted by Crippen LogP contribution is 2.34. The summed E-state index contributed by atoms with van der Waals surface area (Å²) < 4.78 is 43.9. The van der Waals surface area contributed by atoms with Crippen LogP contribution in [-0.2, 0) is 23.1 Å². The van der Waals surface area contributed by atoms with E-state index in [2.05, 4.69) is 38.5 Å². The second kappa shape index (κ2) is 12.1. The van der Waals surface area contributed by atoms with Crippen LogP contribution in [0.5, 0.6) is 11.5 Å². The highest BCUT2D eigenvalue weighted by atomic mass is 32.2. The van der Waals surface area contributed by atoms with E-state index < -0.39 is 10.0 Å². The minimum Gasteiger partial charge on any atom is -0.497 e. The van der Waals surface area contributed by atoms with Crippen molar-refractivity contribution in [3.05, 3.63) is 95.8 Å². The Hall–Kier alpha value is -3.47. The lowest BCUT2D eigenvalue weighted by Crippen LogP contribution is -2.33. The fourth-order valence-corrected chi connectivity index (χ4v) is 7.16. The SMILES string of the molecule is COc1ccc(CN(c2ncns2)S(=O)(=O)c2ccc(CN3CCCC[C@H]3c3ccccc3)cc2)c(OC)c1. The number of methoxy groups -OCH3 is 2. The zero-order valence-electron chi connectivity index (χ0n) is 22.1. The molecule has 1 fully saturated rings. The summed E-state index contributed by atoms with van der Waals surface area (Å²) in [5, 5.41) is 0.288. The molecule has 1 aliphatic rings. The lowest BCUT2D eigenvalue weighted by molar-refractivity contribution is 0.140. The van der Waals surface area contributed by atoms with Crippen LogP contribution in [0, 0.1) is 0 Å². The Morgan fingerprint density at radius 2 is 1.79 bits per heavy atom. The molecule has 8 nitrogen and oxygen atoms in total. The highest BCUT2D eigenvalue weighted by molar-refractivity contribution is 7.93. The van der Waals surface area contributed by atoms with Gasteiger partial charge in [-0.25, -0.2) is 17.7 Å². The van der Waals surface area contributed by atoms with Gasteiger partial charge in [0.15, 0.2) is 0 Å². The molecule has 0 aliphatic carbocycles. The van der Waals surface area contributed by atoms with Gasteiger partial charge in [-0.05, 0) is 54.8 Å². The largest absolute Gasteiger partial charge is 0.497 e. The summed E-state index contributed by atoms with van der Waals surface area (Å²) in [4.78, 5) is 6.90. The third-order valence-electron chi connectivity index (χ3n) is 7.07. The number of hydrogen-bond acceptors (Lipinski definition) is 8. The fraction of sp³-hybridized carbons (Fsp3) is 0.310. The topological polar surface area (TPSA) is 84.9 Å². The van der Waals surface area contributed by atoms with E-state index in [-0.39, 0.29) is 16.6 Å². The average Bonchev–Trinajstić information content (AvgIpc) is 3.51. The molecule has 0 unspecified atom stereocenters. The second-order valence-corrected chi connectivity index (χ2v) is 12.1. The predicted octanol–water partition coefficient (Wildman–Crippen LogP) is 5.68. The van der Waals surface area contributed by atoms with Crippen LogP contribution in [-0.4, -0.2) is 43.4 Å². The van der Waals surface area contributed by atoms with Crippen molar-refractivity contribution in [3.63, 3.8) is 0 Å². The zero-order valence-corrected chi connectivity index (χ0v) is 23.7. The number of likely N-dealkylation sites (tertiary alicyclic amines) is 1. The van der Waals surface area contributed by atoms with Crippen LogP contribution < -0.4 is 13.8 Å². The third-order valence-corrected chi connectivity index (χ3v) is 9.62. The molecule has 4 aromatic rings. The van der Waals surface area contributed by atoms with E-state index in [9.17, 15) is 8.42 Å². The van der Waals surface area contributed by atoms with Crippen molar-refractivity contribution in [1.82, 2.24) is 14.3 Å². The standard InChI is InChI=1S/C29H32N4O4S2/c1-36-25-14-13-24(28(18-25)37-2)20-33(29-30-21-31-38-29)39(34,35)26-15-11-22(12-16-26)19-32-17-7-6-10-27(32)23-8-4-3-5-9-23/h3-5,8-9,11-16,18,21,27H,6-7,10,17,19-20H2,1-2H3/t27-/m0/s1. The summed E-state index contributed by atoms with van der Waals surface area (Å²) >= 11 is 1.03. The molecule has 39 heavy (non-hydrogen) atoms.